The SMILES string of the molecule is Cc1ccc(-c2cc(C)c(C3C(=O)C/C(=C\C4CCOCC4)C3=O)c(C)c2)c(F)c1. The van der Waals surface area contributed by atoms with Gasteiger partial charge in [-0.2, -0.15) is 0 Å². The first-order valence-corrected chi connectivity index (χ1v) is 10.6. The summed E-state index contributed by atoms with van der Waals surface area (Å²) in [6, 6.07) is 8.95. The quantitative estimate of drug-likeness (QED) is 0.507. The summed E-state index contributed by atoms with van der Waals surface area (Å²) < 4.78 is 19.9. The Morgan fingerprint density at radius 2 is 1.67 bits per heavy atom. The molecule has 0 radical (unpaired) electrons. The van der Waals surface area contributed by atoms with E-state index in [0.29, 0.717) is 30.3 Å². The number of aryl methyl sites for hydroxylation is 3. The zero-order valence-corrected chi connectivity index (χ0v) is 17.8. The number of halogens is 1. The minimum Gasteiger partial charge on any atom is -0.381 e. The van der Waals surface area contributed by atoms with Crippen LogP contribution in [0.15, 0.2) is 42.0 Å². The van der Waals surface area contributed by atoms with Crippen LogP contribution in [0, 0.1) is 32.5 Å². The topological polar surface area (TPSA) is 43.4 Å². The smallest absolute Gasteiger partial charge is 0.173 e. The van der Waals surface area contributed by atoms with Crippen LogP contribution in [0.25, 0.3) is 11.1 Å². The minimum absolute atomic E-state index is 0.0428. The Bertz CT molecular complexity index is 1020. The average molecular weight is 406 g/mol. The molecule has 0 bridgehead atoms. The Morgan fingerprint density at radius 1 is 1.00 bits per heavy atom. The molecule has 0 N–H and O–H groups in total. The molecule has 2 aromatic carbocycles. The number of carbonyl (C=O) groups excluding carboxylic acids is 2. The normalized spacial score (nSPS) is 21.6. The Labute approximate surface area is 176 Å². The summed E-state index contributed by atoms with van der Waals surface area (Å²) in [5.74, 6) is -0.826. The number of hydrogen-bond donors (Lipinski definition) is 0. The summed E-state index contributed by atoms with van der Waals surface area (Å²) in [7, 11) is 0. The van der Waals surface area contributed by atoms with Crippen LogP contribution in [0.5, 0.6) is 0 Å². The second-order valence-electron chi connectivity index (χ2n) is 8.59. The van der Waals surface area contributed by atoms with Gasteiger partial charge in [-0.15, -0.1) is 0 Å². The molecule has 3 nitrogen and oxygen atoms in total. The van der Waals surface area contributed by atoms with Crippen molar-refractivity contribution in [2.45, 2.75) is 46.0 Å². The number of rotatable bonds is 3. The first-order valence-electron chi connectivity index (χ1n) is 10.6. The van der Waals surface area contributed by atoms with E-state index in [4.69, 9.17) is 4.74 Å². The predicted octanol–water partition coefficient (Wildman–Crippen LogP) is 5.40. The Balaban J connectivity index is 1.67. The Morgan fingerprint density at radius 3 is 2.30 bits per heavy atom. The zero-order valence-electron chi connectivity index (χ0n) is 17.8. The number of benzene rings is 2. The van der Waals surface area contributed by atoms with Gasteiger partial charge in [0.05, 0.1) is 0 Å². The zero-order chi connectivity index (χ0) is 21.4. The van der Waals surface area contributed by atoms with Gasteiger partial charge >= 0.3 is 0 Å². The van der Waals surface area contributed by atoms with E-state index in [0.717, 1.165) is 40.7 Å². The summed E-state index contributed by atoms with van der Waals surface area (Å²) >= 11 is 0. The van der Waals surface area contributed by atoms with E-state index < -0.39 is 5.92 Å². The second kappa shape index (κ2) is 8.27. The van der Waals surface area contributed by atoms with Gasteiger partial charge < -0.3 is 4.74 Å². The van der Waals surface area contributed by atoms with Gasteiger partial charge in [0.1, 0.15) is 11.7 Å². The van der Waals surface area contributed by atoms with Gasteiger partial charge in [0.2, 0.25) is 0 Å². The molecule has 1 saturated carbocycles. The summed E-state index contributed by atoms with van der Waals surface area (Å²) in [5.41, 5.74) is 5.28. The van der Waals surface area contributed by atoms with Crippen LogP contribution < -0.4 is 0 Å². The molecular formula is C26H27FO3. The van der Waals surface area contributed by atoms with Crippen LogP contribution in [0.2, 0.25) is 0 Å². The van der Waals surface area contributed by atoms with Crippen molar-refractivity contribution >= 4 is 11.6 Å². The summed E-state index contributed by atoms with van der Waals surface area (Å²) in [6.45, 7) is 7.07. The Kier molecular flexibility index (Phi) is 5.70. The maximum absolute atomic E-state index is 14.5. The maximum atomic E-state index is 14.5. The van der Waals surface area contributed by atoms with Crippen LogP contribution in [0.3, 0.4) is 0 Å². The van der Waals surface area contributed by atoms with Crippen molar-refractivity contribution in [3.8, 4) is 11.1 Å². The number of ketones is 2. The van der Waals surface area contributed by atoms with E-state index >= 15 is 0 Å². The standard InChI is InChI=1S/C26H27FO3/c1-15-4-5-21(22(27)10-15)19-11-16(2)24(17(3)12-19)25-23(28)14-20(26(25)29)13-18-6-8-30-9-7-18/h4-5,10-13,18,25H,6-9,14H2,1-3H3/b20-13+. The molecule has 4 heteroatoms. The molecule has 0 aromatic heterocycles. The highest BCUT2D eigenvalue weighted by Crippen LogP contribution is 2.38. The lowest BCUT2D eigenvalue weighted by atomic mass is 9.85. The molecule has 1 atom stereocenters. The van der Waals surface area contributed by atoms with Crippen molar-refractivity contribution in [3.05, 3.63) is 70.1 Å². The lowest BCUT2D eigenvalue weighted by Crippen LogP contribution is -2.17. The highest BCUT2D eigenvalue weighted by molar-refractivity contribution is 6.23. The monoisotopic (exact) mass is 406 g/mol. The first-order chi connectivity index (χ1) is 14.3. The fraction of sp³-hybridized carbons (Fsp3) is 0.385. The summed E-state index contributed by atoms with van der Waals surface area (Å²) in [6.07, 6.45) is 3.99. The van der Waals surface area contributed by atoms with Gasteiger partial charge in [-0.25, -0.2) is 4.39 Å². The number of Topliss-reactive ketones (excluding diaryl/α,β-unsaturated/α-hetero) is 2. The van der Waals surface area contributed by atoms with Gasteiger partial charge in [-0.05, 0) is 79.0 Å². The van der Waals surface area contributed by atoms with Crippen molar-refractivity contribution < 1.29 is 18.7 Å². The molecule has 156 valence electrons. The molecule has 4 rings (SSSR count). The lowest BCUT2D eigenvalue weighted by Gasteiger charge is -2.19. The molecule has 0 spiro atoms. The number of ether oxygens (including phenoxy) is 1. The van der Waals surface area contributed by atoms with Crippen molar-refractivity contribution in [2.75, 3.05) is 13.2 Å². The highest BCUT2D eigenvalue weighted by atomic mass is 19.1. The van der Waals surface area contributed by atoms with Crippen molar-refractivity contribution in [1.29, 1.82) is 0 Å². The van der Waals surface area contributed by atoms with E-state index in [1.807, 2.05) is 45.0 Å². The molecule has 2 aromatic rings. The van der Waals surface area contributed by atoms with E-state index in [1.165, 1.54) is 6.07 Å². The average Bonchev–Trinajstić information content (AvgIpc) is 2.96. The summed E-state index contributed by atoms with van der Waals surface area (Å²) in [5, 5.41) is 0. The van der Waals surface area contributed by atoms with E-state index in [9.17, 15) is 14.0 Å². The summed E-state index contributed by atoms with van der Waals surface area (Å²) in [4.78, 5) is 26.0. The molecule has 1 aliphatic heterocycles. The molecule has 1 aliphatic carbocycles. The molecule has 1 heterocycles. The van der Waals surface area contributed by atoms with Gasteiger partial charge in [0.25, 0.3) is 0 Å². The fourth-order valence-electron chi connectivity index (χ4n) is 4.75. The second-order valence-corrected chi connectivity index (χ2v) is 8.59. The van der Waals surface area contributed by atoms with E-state index in [-0.39, 0.29) is 23.8 Å². The third-order valence-electron chi connectivity index (χ3n) is 6.29. The molecule has 2 aliphatic rings. The number of allylic oxidation sites excluding steroid dienone is 2. The number of hydrogen-bond acceptors (Lipinski definition) is 3. The van der Waals surface area contributed by atoms with Crippen LogP contribution >= 0.6 is 0 Å². The third-order valence-corrected chi connectivity index (χ3v) is 6.29. The van der Waals surface area contributed by atoms with Gasteiger partial charge in [-0.1, -0.05) is 30.3 Å². The first kappa shape index (κ1) is 20.7. The van der Waals surface area contributed by atoms with Crippen LogP contribution in [-0.2, 0) is 14.3 Å². The van der Waals surface area contributed by atoms with Crippen LogP contribution in [0.4, 0.5) is 4.39 Å². The van der Waals surface area contributed by atoms with Gasteiger partial charge in [-0.3, -0.25) is 9.59 Å². The maximum Gasteiger partial charge on any atom is 0.173 e. The predicted molar refractivity (Wildman–Crippen MR) is 115 cm³/mol. The third kappa shape index (κ3) is 3.89. The molecule has 2 fully saturated rings. The number of carbonyl (C=O) groups is 2. The van der Waals surface area contributed by atoms with E-state index in [2.05, 4.69) is 0 Å². The molecule has 30 heavy (non-hydrogen) atoms. The highest BCUT2D eigenvalue weighted by Gasteiger charge is 2.40. The molecule has 0 amide bonds. The van der Waals surface area contributed by atoms with Gasteiger partial charge in [0.15, 0.2) is 11.6 Å². The fourth-order valence-corrected chi connectivity index (χ4v) is 4.75. The van der Waals surface area contributed by atoms with Gasteiger partial charge in [0, 0.05) is 25.2 Å². The van der Waals surface area contributed by atoms with Crippen LogP contribution in [-0.4, -0.2) is 24.8 Å². The lowest BCUT2D eigenvalue weighted by molar-refractivity contribution is -0.123. The molecular weight excluding hydrogens is 379 g/mol. The molecule has 1 saturated heterocycles. The van der Waals surface area contributed by atoms with E-state index in [1.54, 1.807) is 6.07 Å². The minimum atomic E-state index is -0.743. The van der Waals surface area contributed by atoms with Crippen molar-refractivity contribution in [1.82, 2.24) is 0 Å². The Hall–Kier alpha value is -2.59. The van der Waals surface area contributed by atoms with Crippen molar-refractivity contribution in [3.63, 3.8) is 0 Å². The largest absolute Gasteiger partial charge is 0.381 e. The van der Waals surface area contributed by atoms with Crippen molar-refractivity contribution in [2.24, 2.45) is 5.92 Å². The van der Waals surface area contributed by atoms with Crippen LogP contribution in [0.1, 0.15) is 47.4 Å². The molecule has 1 unspecified atom stereocenters.